The summed E-state index contributed by atoms with van der Waals surface area (Å²) in [5.41, 5.74) is 2.09. The van der Waals surface area contributed by atoms with Crippen molar-refractivity contribution in [1.82, 2.24) is 5.32 Å². The third-order valence-electron chi connectivity index (χ3n) is 3.47. The monoisotopic (exact) mass is 264 g/mol. The van der Waals surface area contributed by atoms with Crippen molar-refractivity contribution in [3.63, 3.8) is 0 Å². The number of hydrogen-bond acceptors (Lipinski definition) is 3. The lowest BCUT2D eigenvalue weighted by molar-refractivity contribution is -0.385. The van der Waals surface area contributed by atoms with Crippen LogP contribution in [0, 0.1) is 23.0 Å². The first-order valence-corrected chi connectivity index (χ1v) is 6.93. The minimum absolute atomic E-state index is 0.240. The molecule has 0 aliphatic rings. The molecule has 0 saturated carbocycles. The second-order valence-corrected chi connectivity index (χ2v) is 5.34. The van der Waals surface area contributed by atoms with Gasteiger partial charge in [0.15, 0.2) is 0 Å². The highest BCUT2D eigenvalue weighted by atomic mass is 16.6. The molecule has 1 atom stereocenters. The van der Waals surface area contributed by atoms with Crippen LogP contribution in [0.4, 0.5) is 5.69 Å². The average Bonchev–Trinajstić information content (AvgIpc) is 2.35. The van der Waals surface area contributed by atoms with Gasteiger partial charge in [0.1, 0.15) is 0 Å². The molecule has 0 aliphatic carbocycles. The van der Waals surface area contributed by atoms with Crippen LogP contribution in [0.15, 0.2) is 18.2 Å². The molecule has 0 saturated heterocycles. The topological polar surface area (TPSA) is 55.2 Å². The standard InChI is InChI=1S/C15H24N2O2/c1-5-9-16-14(11(2)3)10-13-12(4)7-6-8-15(13)17(18)19/h6-8,11,14,16H,5,9-10H2,1-4H3. The summed E-state index contributed by atoms with van der Waals surface area (Å²) < 4.78 is 0. The number of nitrogens with one attached hydrogen (secondary N) is 1. The fourth-order valence-electron chi connectivity index (χ4n) is 2.22. The van der Waals surface area contributed by atoms with Gasteiger partial charge >= 0.3 is 0 Å². The van der Waals surface area contributed by atoms with Gasteiger partial charge < -0.3 is 5.32 Å². The van der Waals surface area contributed by atoms with Crippen LogP contribution >= 0.6 is 0 Å². The van der Waals surface area contributed by atoms with E-state index in [1.165, 1.54) is 0 Å². The van der Waals surface area contributed by atoms with Crippen LogP contribution in [-0.2, 0) is 6.42 Å². The highest BCUT2D eigenvalue weighted by Crippen LogP contribution is 2.24. The maximum Gasteiger partial charge on any atom is 0.272 e. The second-order valence-electron chi connectivity index (χ2n) is 5.34. The Balaban J connectivity index is 2.98. The van der Waals surface area contributed by atoms with Crippen LogP contribution in [0.5, 0.6) is 0 Å². The Morgan fingerprint density at radius 3 is 2.58 bits per heavy atom. The largest absolute Gasteiger partial charge is 0.313 e. The molecule has 1 rings (SSSR count). The molecule has 4 heteroatoms. The Hall–Kier alpha value is -1.42. The van der Waals surface area contributed by atoms with Gasteiger partial charge in [-0.15, -0.1) is 0 Å². The number of hydrogen-bond donors (Lipinski definition) is 1. The van der Waals surface area contributed by atoms with E-state index in [4.69, 9.17) is 0 Å². The third-order valence-corrected chi connectivity index (χ3v) is 3.47. The van der Waals surface area contributed by atoms with E-state index in [0.29, 0.717) is 12.3 Å². The van der Waals surface area contributed by atoms with Crippen molar-refractivity contribution in [3.05, 3.63) is 39.4 Å². The van der Waals surface area contributed by atoms with Crippen molar-refractivity contribution in [3.8, 4) is 0 Å². The summed E-state index contributed by atoms with van der Waals surface area (Å²) in [6.07, 6.45) is 1.78. The molecule has 1 unspecified atom stereocenters. The molecular weight excluding hydrogens is 240 g/mol. The number of nitrogens with zero attached hydrogens (tertiary/aromatic N) is 1. The predicted octanol–water partition coefficient (Wildman–Crippen LogP) is 3.47. The van der Waals surface area contributed by atoms with Gasteiger partial charge in [-0.1, -0.05) is 32.9 Å². The van der Waals surface area contributed by atoms with Crippen LogP contribution in [0.25, 0.3) is 0 Å². The minimum Gasteiger partial charge on any atom is -0.313 e. The molecule has 0 bridgehead atoms. The van der Waals surface area contributed by atoms with Gasteiger partial charge in [0.2, 0.25) is 0 Å². The lowest BCUT2D eigenvalue weighted by atomic mass is 9.93. The molecule has 19 heavy (non-hydrogen) atoms. The van der Waals surface area contributed by atoms with E-state index in [9.17, 15) is 10.1 Å². The Bertz CT molecular complexity index is 430. The first-order valence-electron chi connectivity index (χ1n) is 6.93. The summed E-state index contributed by atoms with van der Waals surface area (Å²) in [5.74, 6) is 0.450. The summed E-state index contributed by atoms with van der Waals surface area (Å²) in [4.78, 5) is 10.8. The van der Waals surface area contributed by atoms with E-state index in [2.05, 4.69) is 26.1 Å². The molecule has 106 valence electrons. The summed E-state index contributed by atoms with van der Waals surface area (Å²) in [6.45, 7) is 9.32. The van der Waals surface area contributed by atoms with E-state index < -0.39 is 0 Å². The van der Waals surface area contributed by atoms with Crippen LogP contribution in [-0.4, -0.2) is 17.5 Å². The predicted molar refractivity (Wildman–Crippen MR) is 78.5 cm³/mol. The van der Waals surface area contributed by atoms with E-state index in [0.717, 1.165) is 24.1 Å². The molecule has 0 radical (unpaired) electrons. The van der Waals surface area contributed by atoms with Gasteiger partial charge in [0, 0.05) is 17.7 Å². The van der Waals surface area contributed by atoms with Gasteiger partial charge in [0.05, 0.1) is 4.92 Å². The molecule has 1 aromatic carbocycles. The van der Waals surface area contributed by atoms with Crippen molar-refractivity contribution in [1.29, 1.82) is 0 Å². The molecule has 0 aromatic heterocycles. The third kappa shape index (κ3) is 4.31. The van der Waals surface area contributed by atoms with E-state index in [1.54, 1.807) is 12.1 Å². The number of nitro benzene ring substituents is 1. The minimum atomic E-state index is -0.278. The first kappa shape index (κ1) is 15.6. The van der Waals surface area contributed by atoms with Crippen molar-refractivity contribution < 1.29 is 4.92 Å². The maximum absolute atomic E-state index is 11.1. The quantitative estimate of drug-likeness (QED) is 0.606. The Morgan fingerprint density at radius 2 is 2.05 bits per heavy atom. The Morgan fingerprint density at radius 1 is 1.37 bits per heavy atom. The molecule has 0 fully saturated rings. The molecule has 4 nitrogen and oxygen atoms in total. The van der Waals surface area contributed by atoms with Crippen LogP contribution < -0.4 is 5.32 Å². The van der Waals surface area contributed by atoms with Crippen LogP contribution in [0.3, 0.4) is 0 Å². The average molecular weight is 264 g/mol. The highest BCUT2D eigenvalue weighted by Gasteiger charge is 2.21. The van der Waals surface area contributed by atoms with Gasteiger partial charge in [0.25, 0.3) is 5.69 Å². The fourth-order valence-corrected chi connectivity index (χ4v) is 2.22. The maximum atomic E-state index is 11.1. The van der Waals surface area contributed by atoms with E-state index in [1.807, 2.05) is 13.0 Å². The van der Waals surface area contributed by atoms with Gasteiger partial charge in [-0.2, -0.15) is 0 Å². The molecule has 0 heterocycles. The van der Waals surface area contributed by atoms with E-state index in [-0.39, 0.29) is 16.7 Å². The summed E-state index contributed by atoms with van der Waals surface area (Å²) in [7, 11) is 0. The smallest absolute Gasteiger partial charge is 0.272 e. The summed E-state index contributed by atoms with van der Waals surface area (Å²) >= 11 is 0. The number of aryl methyl sites for hydroxylation is 1. The zero-order valence-corrected chi connectivity index (χ0v) is 12.3. The number of benzene rings is 1. The van der Waals surface area contributed by atoms with Crippen molar-refractivity contribution in [2.75, 3.05) is 6.54 Å². The number of rotatable bonds is 7. The van der Waals surface area contributed by atoms with Gasteiger partial charge in [-0.25, -0.2) is 0 Å². The zero-order valence-electron chi connectivity index (χ0n) is 12.3. The highest BCUT2D eigenvalue weighted by molar-refractivity contribution is 5.45. The van der Waals surface area contributed by atoms with Crippen LogP contribution in [0.1, 0.15) is 38.3 Å². The lowest BCUT2D eigenvalue weighted by Gasteiger charge is -2.23. The van der Waals surface area contributed by atoms with Crippen molar-refractivity contribution in [2.24, 2.45) is 5.92 Å². The van der Waals surface area contributed by atoms with E-state index >= 15 is 0 Å². The fraction of sp³-hybridized carbons (Fsp3) is 0.600. The lowest BCUT2D eigenvalue weighted by Crippen LogP contribution is -2.36. The molecular formula is C15H24N2O2. The van der Waals surface area contributed by atoms with Crippen LogP contribution in [0.2, 0.25) is 0 Å². The van der Waals surface area contributed by atoms with Crippen molar-refractivity contribution in [2.45, 2.75) is 46.6 Å². The van der Waals surface area contributed by atoms with Gasteiger partial charge in [-0.3, -0.25) is 10.1 Å². The molecule has 1 N–H and O–H groups in total. The molecule has 0 aliphatic heterocycles. The zero-order chi connectivity index (χ0) is 14.4. The Labute approximate surface area is 115 Å². The molecule has 0 amide bonds. The SMILES string of the molecule is CCCNC(Cc1c(C)cccc1[N+](=O)[O-])C(C)C. The molecule has 0 spiro atoms. The summed E-state index contributed by atoms with van der Waals surface area (Å²) in [6, 6.07) is 5.57. The van der Waals surface area contributed by atoms with Crippen molar-refractivity contribution >= 4 is 5.69 Å². The normalized spacial score (nSPS) is 12.7. The second kappa shape index (κ2) is 7.24. The summed E-state index contributed by atoms with van der Waals surface area (Å²) in [5, 5.41) is 14.6. The first-order chi connectivity index (χ1) is 8.97. The number of nitro groups is 1. The van der Waals surface area contributed by atoms with Gasteiger partial charge in [-0.05, 0) is 37.8 Å². The molecule has 1 aromatic rings. The Kier molecular flexibility index (Phi) is 5.96.